The molecule has 1 unspecified atom stereocenters. The first kappa shape index (κ1) is 11.9. The van der Waals surface area contributed by atoms with E-state index in [2.05, 4.69) is 35.5 Å². The largest absolute Gasteiger partial charge is 0.394 e. The molecule has 0 amide bonds. The Morgan fingerprint density at radius 1 is 1.41 bits per heavy atom. The fraction of sp³-hybridized carbons (Fsp3) is 0.462. The molecule has 0 saturated heterocycles. The first-order valence-electron chi connectivity index (χ1n) is 5.97. The molecular weight excluding hydrogens is 214 g/mol. The molecule has 3 N–H and O–H groups in total. The number of hydrogen-bond acceptors (Lipinski definition) is 4. The smallest absolute Gasteiger partial charge is 0.196 e. The van der Waals surface area contributed by atoms with Crippen molar-refractivity contribution in [2.45, 2.75) is 26.4 Å². The number of guanidine groups is 1. The normalized spacial score (nSPS) is 15.9. The summed E-state index contributed by atoms with van der Waals surface area (Å²) in [6, 6.07) is 8.15. The zero-order valence-electron chi connectivity index (χ0n) is 10.3. The molecule has 1 atom stereocenters. The van der Waals surface area contributed by atoms with Crippen LogP contribution in [-0.4, -0.2) is 23.7 Å². The Morgan fingerprint density at radius 3 is 2.88 bits per heavy atom. The molecule has 2 rings (SSSR count). The SMILES string of the molecule is CC(C)C(CO)NC1=NCc2ccccc2N1. The highest BCUT2D eigenvalue weighted by atomic mass is 16.3. The van der Waals surface area contributed by atoms with Crippen molar-refractivity contribution < 1.29 is 5.11 Å². The second kappa shape index (κ2) is 5.19. The highest BCUT2D eigenvalue weighted by molar-refractivity contribution is 5.95. The molecule has 4 nitrogen and oxygen atoms in total. The van der Waals surface area contributed by atoms with E-state index in [-0.39, 0.29) is 12.6 Å². The van der Waals surface area contributed by atoms with E-state index >= 15 is 0 Å². The van der Waals surface area contributed by atoms with Gasteiger partial charge in [0.2, 0.25) is 0 Å². The van der Waals surface area contributed by atoms with Crippen LogP contribution in [-0.2, 0) is 6.54 Å². The first-order chi connectivity index (χ1) is 8.20. The van der Waals surface area contributed by atoms with Crippen LogP contribution >= 0.6 is 0 Å². The van der Waals surface area contributed by atoms with Crippen LogP contribution < -0.4 is 10.6 Å². The Balaban J connectivity index is 2.04. The monoisotopic (exact) mass is 233 g/mol. The van der Waals surface area contributed by atoms with Gasteiger partial charge in [0.05, 0.1) is 19.2 Å². The van der Waals surface area contributed by atoms with E-state index in [9.17, 15) is 5.11 Å². The van der Waals surface area contributed by atoms with Crippen LogP contribution in [0.4, 0.5) is 5.69 Å². The molecule has 4 heteroatoms. The Hall–Kier alpha value is -1.55. The number of nitrogens with one attached hydrogen (secondary N) is 2. The van der Waals surface area contributed by atoms with E-state index in [1.165, 1.54) is 5.56 Å². The lowest BCUT2D eigenvalue weighted by molar-refractivity contribution is 0.226. The molecule has 0 aliphatic carbocycles. The topological polar surface area (TPSA) is 56.6 Å². The van der Waals surface area contributed by atoms with Gasteiger partial charge < -0.3 is 15.7 Å². The van der Waals surface area contributed by atoms with Crippen LogP contribution in [0.2, 0.25) is 0 Å². The van der Waals surface area contributed by atoms with Crippen LogP contribution in [0.25, 0.3) is 0 Å². The summed E-state index contributed by atoms with van der Waals surface area (Å²) in [6.45, 7) is 4.94. The molecule has 0 aromatic heterocycles. The lowest BCUT2D eigenvalue weighted by Crippen LogP contribution is -2.45. The van der Waals surface area contributed by atoms with Gasteiger partial charge in [-0.2, -0.15) is 0 Å². The second-order valence-electron chi connectivity index (χ2n) is 4.62. The van der Waals surface area contributed by atoms with Gasteiger partial charge in [-0.1, -0.05) is 32.0 Å². The Bertz CT molecular complexity index is 415. The standard InChI is InChI=1S/C13H19N3O/c1-9(2)12(8-17)16-13-14-7-10-5-3-4-6-11(10)15-13/h3-6,9,12,17H,7-8H2,1-2H3,(H2,14,15,16). The van der Waals surface area contributed by atoms with E-state index in [4.69, 9.17) is 0 Å². The number of fused-ring (bicyclic) bond motifs is 1. The zero-order chi connectivity index (χ0) is 12.3. The van der Waals surface area contributed by atoms with Crippen molar-refractivity contribution >= 4 is 11.6 Å². The first-order valence-corrected chi connectivity index (χ1v) is 5.97. The molecule has 0 radical (unpaired) electrons. The number of nitrogens with zero attached hydrogens (tertiary/aromatic N) is 1. The number of aliphatic imine (C=N–C) groups is 1. The van der Waals surface area contributed by atoms with E-state index in [1.54, 1.807) is 0 Å². The molecule has 17 heavy (non-hydrogen) atoms. The number of anilines is 1. The van der Waals surface area contributed by atoms with Crippen LogP contribution in [0.5, 0.6) is 0 Å². The fourth-order valence-corrected chi connectivity index (χ4v) is 1.79. The third-order valence-electron chi connectivity index (χ3n) is 3.00. The van der Waals surface area contributed by atoms with Crippen molar-refractivity contribution in [2.75, 3.05) is 11.9 Å². The van der Waals surface area contributed by atoms with Crippen molar-refractivity contribution in [1.82, 2.24) is 5.32 Å². The van der Waals surface area contributed by atoms with Crippen molar-refractivity contribution in [3.8, 4) is 0 Å². The molecule has 92 valence electrons. The summed E-state index contributed by atoms with van der Waals surface area (Å²) in [5.41, 5.74) is 2.29. The Labute approximate surface area is 102 Å². The van der Waals surface area contributed by atoms with Crippen LogP contribution in [0.1, 0.15) is 19.4 Å². The second-order valence-corrected chi connectivity index (χ2v) is 4.62. The predicted octanol–water partition coefficient (Wildman–Crippen LogP) is 1.57. The Morgan fingerprint density at radius 2 is 2.18 bits per heavy atom. The number of rotatable bonds is 3. The molecule has 1 aromatic rings. The Kier molecular flexibility index (Phi) is 3.64. The van der Waals surface area contributed by atoms with Crippen LogP contribution in [0.15, 0.2) is 29.3 Å². The summed E-state index contributed by atoms with van der Waals surface area (Å²) in [6.07, 6.45) is 0. The van der Waals surface area contributed by atoms with E-state index in [0.717, 1.165) is 11.6 Å². The van der Waals surface area contributed by atoms with Crippen molar-refractivity contribution in [3.05, 3.63) is 29.8 Å². The summed E-state index contributed by atoms with van der Waals surface area (Å²) in [4.78, 5) is 4.42. The zero-order valence-corrected chi connectivity index (χ0v) is 10.3. The summed E-state index contributed by atoms with van der Waals surface area (Å²) in [5, 5.41) is 15.8. The molecule has 1 aliphatic rings. The summed E-state index contributed by atoms with van der Waals surface area (Å²) >= 11 is 0. The summed E-state index contributed by atoms with van der Waals surface area (Å²) < 4.78 is 0. The molecule has 1 aliphatic heterocycles. The lowest BCUT2D eigenvalue weighted by Gasteiger charge is -2.25. The van der Waals surface area contributed by atoms with Crippen molar-refractivity contribution in [1.29, 1.82) is 0 Å². The van der Waals surface area contributed by atoms with E-state index < -0.39 is 0 Å². The predicted molar refractivity (Wildman–Crippen MR) is 70.1 cm³/mol. The molecular formula is C13H19N3O. The van der Waals surface area contributed by atoms with Gasteiger partial charge in [0.25, 0.3) is 0 Å². The van der Waals surface area contributed by atoms with Gasteiger partial charge in [-0.3, -0.25) is 0 Å². The van der Waals surface area contributed by atoms with Gasteiger partial charge in [-0.25, -0.2) is 4.99 Å². The average Bonchev–Trinajstić information content (AvgIpc) is 2.35. The van der Waals surface area contributed by atoms with Gasteiger partial charge in [-0.05, 0) is 17.5 Å². The third-order valence-corrected chi connectivity index (χ3v) is 3.00. The average molecular weight is 233 g/mol. The maximum atomic E-state index is 9.28. The molecule has 0 bridgehead atoms. The van der Waals surface area contributed by atoms with Gasteiger partial charge in [0.1, 0.15) is 0 Å². The summed E-state index contributed by atoms with van der Waals surface area (Å²) in [5.74, 6) is 1.11. The quantitative estimate of drug-likeness (QED) is 0.743. The van der Waals surface area contributed by atoms with Crippen LogP contribution in [0.3, 0.4) is 0 Å². The van der Waals surface area contributed by atoms with Crippen molar-refractivity contribution in [2.24, 2.45) is 10.9 Å². The summed E-state index contributed by atoms with van der Waals surface area (Å²) in [7, 11) is 0. The van der Waals surface area contributed by atoms with E-state index in [0.29, 0.717) is 12.5 Å². The van der Waals surface area contributed by atoms with Gasteiger partial charge in [-0.15, -0.1) is 0 Å². The van der Waals surface area contributed by atoms with Gasteiger partial charge in [0.15, 0.2) is 5.96 Å². The maximum absolute atomic E-state index is 9.28. The van der Waals surface area contributed by atoms with Crippen molar-refractivity contribution in [3.63, 3.8) is 0 Å². The molecule has 0 spiro atoms. The molecule has 1 heterocycles. The van der Waals surface area contributed by atoms with Crippen LogP contribution in [0, 0.1) is 5.92 Å². The fourth-order valence-electron chi connectivity index (χ4n) is 1.79. The number of aliphatic hydroxyl groups is 1. The van der Waals surface area contributed by atoms with Gasteiger partial charge in [0, 0.05) is 5.69 Å². The maximum Gasteiger partial charge on any atom is 0.196 e. The number of para-hydroxylation sites is 1. The third kappa shape index (κ3) is 2.77. The highest BCUT2D eigenvalue weighted by Crippen LogP contribution is 2.19. The minimum absolute atomic E-state index is 0.0338. The lowest BCUT2D eigenvalue weighted by atomic mass is 10.1. The number of aliphatic hydroxyl groups excluding tert-OH is 1. The number of benzene rings is 1. The molecule has 1 aromatic carbocycles. The highest BCUT2D eigenvalue weighted by Gasteiger charge is 2.16. The molecule has 0 saturated carbocycles. The number of hydrogen-bond donors (Lipinski definition) is 3. The molecule has 0 fully saturated rings. The van der Waals surface area contributed by atoms with Gasteiger partial charge >= 0.3 is 0 Å². The van der Waals surface area contributed by atoms with E-state index in [1.807, 2.05) is 18.2 Å². The minimum Gasteiger partial charge on any atom is -0.394 e. The minimum atomic E-state index is 0.0338.